The number of pyridine rings is 1. The second kappa shape index (κ2) is 7.92. The van der Waals surface area contributed by atoms with Crippen molar-refractivity contribution in [3.05, 3.63) is 70.7 Å². The molecule has 0 saturated heterocycles. The van der Waals surface area contributed by atoms with Crippen LogP contribution in [0.3, 0.4) is 0 Å². The molecule has 4 aromatic rings. The van der Waals surface area contributed by atoms with Crippen LogP contribution in [0.1, 0.15) is 35.0 Å². The van der Waals surface area contributed by atoms with Gasteiger partial charge in [0.25, 0.3) is 5.91 Å². The Hall–Kier alpha value is -3.58. The Morgan fingerprint density at radius 3 is 2.58 bits per heavy atom. The van der Waals surface area contributed by atoms with Crippen molar-refractivity contribution in [1.29, 1.82) is 0 Å². The van der Waals surface area contributed by atoms with Gasteiger partial charge in [0.1, 0.15) is 0 Å². The van der Waals surface area contributed by atoms with Gasteiger partial charge in [-0.3, -0.25) is 19.9 Å². The van der Waals surface area contributed by atoms with Crippen molar-refractivity contribution in [3.8, 4) is 11.3 Å². The van der Waals surface area contributed by atoms with Crippen LogP contribution in [0.15, 0.2) is 53.9 Å². The molecule has 6 nitrogen and oxygen atoms in total. The highest BCUT2D eigenvalue weighted by Gasteiger charge is 2.24. The third kappa shape index (κ3) is 3.80. The third-order valence-electron chi connectivity index (χ3n) is 5.37. The molecule has 0 unspecified atom stereocenters. The van der Waals surface area contributed by atoms with Gasteiger partial charge in [0.15, 0.2) is 5.13 Å². The molecule has 5 rings (SSSR count). The van der Waals surface area contributed by atoms with Crippen molar-refractivity contribution in [2.75, 3.05) is 10.6 Å². The first-order chi connectivity index (χ1) is 15.1. The minimum absolute atomic E-state index is 0.110. The number of anilines is 2. The summed E-state index contributed by atoms with van der Waals surface area (Å²) in [5.41, 5.74) is 6.09. The van der Waals surface area contributed by atoms with Gasteiger partial charge in [-0.15, -0.1) is 11.3 Å². The van der Waals surface area contributed by atoms with E-state index in [2.05, 4.69) is 15.6 Å². The van der Waals surface area contributed by atoms with E-state index in [-0.39, 0.29) is 11.8 Å². The van der Waals surface area contributed by atoms with Gasteiger partial charge in [-0.2, -0.15) is 0 Å². The van der Waals surface area contributed by atoms with Gasteiger partial charge < -0.3 is 5.32 Å². The van der Waals surface area contributed by atoms with Gasteiger partial charge in [0, 0.05) is 34.6 Å². The number of benzene rings is 2. The van der Waals surface area contributed by atoms with Crippen LogP contribution in [0.4, 0.5) is 10.8 Å². The average Bonchev–Trinajstić information content (AvgIpc) is 3.41. The van der Waals surface area contributed by atoms with Gasteiger partial charge in [0.05, 0.1) is 16.8 Å². The molecule has 0 saturated carbocycles. The number of aryl methyl sites for hydroxylation is 1. The molecular weight excluding hydrogens is 408 g/mol. The van der Waals surface area contributed by atoms with Crippen LogP contribution >= 0.6 is 11.3 Å². The van der Waals surface area contributed by atoms with Gasteiger partial charge in [0.2, 0.25) is 5.91 Å². The number of para-hydroxylation sites is 1. The summed E-state index contributed by atoms with van der Waals surface area (Å²) in [4.78, 5) is 33.8. The molecule has 1 aliphatic rings. The largest absolute Gasteiger partial charge is 0.326 e. The molecular formula is C24H20N4O2S. The first-order valence-corrected chi connectivity index (χ1v) is 11.0. The molecule has 7 heteroatoms. The molecule has 2 aromatic carbocycles. The van der Waals surface area contributed by atoms with Crippen LogP contribution in [0.25, 0.3) is 22.2 Å². The van der Waals surface area contributed by atoms with Gasteiger partial charge in [-0.05, 0) is 43.0 Å². The lowest BCUT2D eigenvalue weighted by Crippen LogP contribution is -2.15. The SMILES string of the molecule is CC(=O)Nc1ccc(-c2csc(NC(=O)c3c4c(nc5ccccc35)CCC4)n2)cc1. The fourth-order valence-corrected chi connectivity index (χ4v) is 4.74. The molecule has 1 aliphatic carbocycles. The molecule has 0 atom stereocenters. The first kappa shape index (κ1) is 19.4. The molecule has 2 aromatic heterocycles. The van der Waals surface area contributed by atoms with Crippen molar-refractivity contribution < 1.29 is 9.59 Å². The predicted octanol–water partition coefficient (Wildman–Crippen LogP) is 5.06. The summed E-state index contributed by atoms with van der Waals surface area (Å²) < 4.78 is 0. The van der Waals surface area contributed by atoms with Crippen LogP contribution in [0.2, 0.25) is 0 Å². The number of hydrogen-bond donors (Lipinski definition) is 2. The quantitative estimate of drug-likeness (QED) is 0.476. The number of hydrogen-bond acceptors (Lipinski definition) is 5. The number of fused-ring (bicyclic) bond motifs is 2. The van der Waals surface area contributed by atoms with Crippen molar-refractivity contribution in [3.63, 3.8) is 0 Å². The molecule has 2 heterocycles. The Balaban J connectivity index is 1.42. The Labute approximate surface area is 183 Å². The Kier molecular flexibility index (Phi) is 4.95. The molecule has 2 amide bonds. The zero-order chi connectivity index (χ0) is 21.4. The van der Waals surface area contributed by atoms with Crippen molar-refractivity contribution in [2.24, 2.45) is 0 Å². The van der Waals surface area contributed by atoms with E-state index in [0.717, 1.165) is 63.9 Å². The predicted molar refractivity (Wildman–Crippen MR) is 124 cm³/mol. The lowest BCUT2D eigenvalue weighted by Gasteiger charge is -2.11. The summed E-state index contributed by atoms with van der Waals surface area (Å²) in [6.07, 6.45) is 2.81. The highest BCUT2D eigenvalue weighted by atomic mass is 32.1. The van der Waals surface area contributed by atoms with Crippen LogP contribution in [-0.4, -0.2) is 21.8 Å². The smallest absolute Gasteiger partial charge is 0.258 e. The average molecular weight is 429 g/mol. The zero-order valence-electron chi connectivity index (χ0n) is 16.9. The molecule has 0 spiro atoms. The molecule has 31 heavy (non-hydrogen) atoms. The van der Waals surface area contributed by atoms with Crippen LogP contribution in [-0.2, 0) is 17.6 Å². The topological polar surface area (TPSA) is 84.0 Å². The van der Waals surface area contributed by atoms with E-state index in [9.17, 15) is 9.59 Å². The number of carbonyl (C=O) groups excluding carboxylic acids is 2. The van der Waals surface area contributed by atoms with Crippen molar-refractivity contribution >= 4 is 44.9 Å². The number of nitrogens with one attached hydrogen (secondary N) is 2. The first-order valence-electron chi connectivity index (χ1n) is 10.1. The second-order valence-electron chi connectivity index (χ2n) is 7.53. The Morgan fingerprint density at radius 1 is 0.968 bits per heavy atom. The van der Waals surface area contributed by atoms with E-state index in [1.165, 1.54) is 18.3 Å². The minimum atomic E-state index is -0.140. The molecule has 0 radical (unpaired) electrons. The lowest BCUT2D eigenvalue weighted by atomic mass is 10.0. The fourth-order valence-electron chi connectivity index (χ4n) is 4.02. The van der Waals surface area contributed by atoms with Gasteiger partial charge >= 0.3 is 0 Å². The van der Waals surface area contributed by atoms with Crippen LogP contribution in [0, 0.1) is 0 Å². The van der Waals surface area contributed by atoms with Gasteiger partial charge in [-0.1, -0.05) is 30.3 Å². The van der Waals surface area contributed by atoms with E-state index >= 15 is 0 Å². The van der Waals surface area contributed by atoms with Crippen molar-refractivity contribution in [2.45, 2.75) is 26.2 Å². The van der Waals surface area contributed by atoms with E-state index in [1.807, 2.05) is 53.9 Å². The third-order valence-corrected chi connectivity index (χ3v) is 6.13. The number of amides is 2. The number of aromatic nitrogens is 2. The lowest BCUT2D eigenvalue weighted by molar-refractivity contribution is -0.114. The summed E-state index contributed by atoms with van der Waals surface area (Å²) in [6, 6.07) is 15.3. The summed E-state index contributed by atoms with van der Waals surface area (Å²) in [5, 5.41) is 9.09. The number of thiazole rings is 1. The zero-order valence-corrected chi connectivity index (χ0v) is 17.8. The molecule has 0 aliphatic heterocycles. The molecule has 0 bridgehead atoms. The van der Waals surface area contributed by atoms with Crippen LogP contribution in [0.5, 0.6) is 0 Å². The van der Waals surface area contributed by atoms with E-state index in [1.54, 1.807) is 0 Å². The summed E-state index contributed by atoms with van der Waals surface area (Å²) in [5.74, 6) is -0.250. The number of nitrogens with zero attached hydrogens (tertiary/aromatic N) is 2. The molecule has 2 N–H and O–H groups in total. The van der Waals surface area contributed by atoms with E-state index in [0.29, 0.717) is 5.13 Å². The fraction of sp³-hybridized carbons (Fsp3) is 0.167. The minimum Gasteiger partial charge on any atom is -0.326 e. The van der Waals surface area contributed by atoms with Crippen LogP contribution < -0.4 is 10.6 Å². The van der Waals surface area contributed by atoms with E-state index < -0.39 is 0 Å². The van der Waals surface area contributed by atoms with E-state index in [4.69, 9.17) is 4.98 Å². The van der Waals surface area contributed by atoms with Gasteiger partial charge in [-0.25, -0.2) is 4.98 Å². The Morgan fingerprint density at radius 2 is 1.77 bits per heavy atom. The normalized spacial score (nSPS) is 12.5. The highest BCUT2D eigenvalue weighted by molar-refractivity contribution is 7.14. The number of rotatable bonds is 4. The summed E-state index contributed by atoms with van der Waals surface area (Å²) >= 11 is 1.39. The summed E-state index contributed by atoms with van der Waals surface area (Å²) in [6.45, 7) is 1.48. The maximum atomic E-state index is 13.3. The maximum Gasteiger partial charge on any atom is 0.258 e. The maximum absolute atomic E-state index is 13.3. The summed E-state index contributed by atoms with van der Waals surface area (Å²) in [7, 11) is 0. The van der Waals surface area contributed by atoms with Crippen molar-refractivity contribution in [1.82, 2.24) is 9.97 Å². The molecule has 0 fully saturated rings. The second-order valence-corrected chi connectivity index (χ2v) is 8.39. The Bertz CT molecular complexity index is 1310. The standard InChI is InChI=1S/C24H20N4O2S/c1-14(29)25-16-11-9-15(10-12-16)21-13-31-24(27-21)28-23(30)22-17-5-2-3-7-19(17)26-20-8-4-6-18(20)22/h2-3,5,7,9-13H,4,6,8H2,1H3,(H,25,29)(H,27,28,30). The molecule has 154 valence electrons. The monoisotopic (exact) mass is 428 g/mol. The highest BCUT2D eigenvalue weighted by Crippen LogP contribution is 2.31. The number of carbonyl (C=O) groups is 2.